The monoisotopic (exact) mass is 365 g/mol. The van der Waals surface area contributed by atoms with E-state index in [1.807, 2.05) is 25.1 Å². The molecule has 2 fully saturated rings. The number of ether oxygens (including phenoxy) is 1. The van der Waals surface area contributed by atoms with E-state index in [1.54, 1.807) is 6.08 Å². The Labute approximate surface area is 163 Å². The molecule has 0 bridgehead atoms. The summed E-state index contributed by atoms with van der Waals surface area (Å²) < 4.78 is 5.56. The zero-order valence-electron chi connectivity index (χ0n) is 16.8. The molecule has 27 heavy (non-hydrogen) atoms. The molecule has 3 nitrogen and oxygen atoms in total. The van der Waals surface area contributed by atoms with Gasteiger partial charge in [0.05, 0.1) is 0 Å². The topological polar surface area (TPSA) is 29.5 Å². The molecule has 2 aliphatic carbocycles. The molecular weight excluding hydrogens is 334 g/mol. The van der Waals surface area contributed by atoms with Gasteiger partial charge in [-0.2, -0.15) is 0 Å². The van der Waals surface area contributed by atoms with Gasteiger partial charge in [-0.1, -0.05) is 38.1 Å². The van der Waals surface area contributed by atoms with Crippen LogP contribution >= 0.6 is 0 Å². The molecular formula is C24H31NO2. The Hall–Kier alpha value is -1.87. The third kappa shape index (κ3) is 3.50. The van der Waals surface area contributed by atoms with Crippen LogP contribution in [-0.2, 0) is 16.6 Å². The number of fused-ring (bicyclic) bond motifs is 2. The number of allylic oxidation sites excluding steroid dienone is 3. The van der Waals surface area contributed by atoms with Gasteiger partial charge >= 0.3 is 5.97 Å². The standard InChI is InChI=1S/C24H31NO2/c1-4-6-7-8-23(26)27-19-12-11-18-13-22-21(16-25(22)15-17-9-10-17)24(3,5-2)20(18)14-19/h4,6-8,11-12,14,17,21-22H,5,9-10,13,15-16H2,1-3H3/b6-4+,8-7+. The van der Waals surface area contributed by atoms with Crippen LogP contribution in [0.1, 0.15) is 51.2 Å². The van der Waals surface area contributed by atoms with Crippen LogP contribution < -0.4 is 4.74 Å². The average Bonchev–Trinajstić information content (AvgIpc) is 3.47. The number of nitrogens with zero attached hydrogens (tertiary/aromatic N) is 1. The number of hydrogen-bond donors (Lipinski definition) is 0. The molecule has 3 atom stereocenters. The van der Waals surface area contributed by atoms with Crippen molar-refractivity contribution >= 4 is 5.97 Å². The minimum atomic E-state index is -0.320. The summed E-state index contributed by atoms with van der Waals surface area (Å²) >= 11 is 0. The van der Waals surface area contributed by atoms with Crippen molar-refractivity contribution < 1.29 is 9.53 Å². The third-order valence-electron chi connectivity index (χ3n) is 6.99. The number of carbonyl (C=O) groups is 1. The van der Waals surface area contributed by atoms with E-state index < -0.39 is 0 Å². The molecule has 144 valence electrons. The van der Waals surface area contributed by atoms with Crippen LogP contribution in [0.3, 0.4) is 0 Å². The van der Waals surface area contributed by atoms with Gasteiger partial charge in [-0.25, -0.2) is 4.79 Å². The molecule has 1 aliphatic heterocycles. The Kier molecular flexibility index (Phi) is 4.98. The number of likely N-dealkylation sites (tertiary alicyclic amines) is 1. The van der Waals surface area contributed by atoms with Crippen molar-refractivity contribution in [1.29, 1.82) is 0 Å². The van der Waals surface area contributed by atoms with Gasteiger partial charge in [0.2, 0.25) is 0 Å². The van der Waals surface area contributed by atoms with Crippen molar-refractivity contribution in [3.63, 3.8) is 0 Å². The van der Waals surface area contributed by atoms with Crippen molar-refractivity contribution in [3.8, 4) is 5.75 Å². The molecule has 1 heterocycles. The SMILES string of the molecule is C/C=C/C=C/C(=O)Oc1ccc2c(c1)C(C)(CC)C1CN(CC3CC3)C1C2. The smallest absolute Gasteiger partial charge is 0.336 e. The van der Waals surface area contributed by atoms with Crippen molar-refractivity contribution in [2.24, 2.45) is 11.8 Å². The second-order valence-electron chi connectivity index (χ2n) is 8.67. The largest absolute Gasteiger partial charge is 0.423 e. The molecule has 0 aromatic heterocycles. The predicted octanol–water partition coefficient (Wildman–Crippen LogP) is 4.66. The molecule has 1 aromatic rings. The highest BCUT2D eigenvalue weighted by Crippen LogP contribution is 2.51. The first-order chi connectivity index (χ1) is 13.0. The molecule has 1 saturated carbocycles. The summed E-state index contributed by atoms with van der Waals surface area (Å²) in [6.45, 7) is 9.15. The van der Waals surface area contributed by atoms with E-state index in [4.69, 9.17) is 4.74 Å². The molecule has 0 amide bonds. The molecule has 1 aromatic carbocycles. The van der Waals surface area contributed by atoms with Crippen LogP contribution in [0.25, 0.3) is 0 Å². The minimum Gasteiger partial charge on any atom is -0.423 e. The normalized spacial score (nSPS) is 30.2. The van der Waals surface area contributed by atoms with E-state index in [0.717, 1.165) is 18.8 Å². The van der Waals surface area contributed by atoms with Gasteiger partial charge in [-0.15, -0.1) is 0 Å². The average molecular weight is 366 g/mol. The van der Waals surface area contributed by atoms with Gasteiger partial charge in [0, 0.05) is 25.2 Å². The molecule has 0 N–H and O–H groups in total. The lowest BCUT2D eigenvalue weighted by molar-refractivity contribution is -0.129. The van der Waals surface area contributed by atoms with Gasteiger partial charge in [-0.05, 0) is 73.1 Å². The summed E-state index contributed by atoms with van der Waals surface area (Å²) in [5.74, 6) is 2.02. The number of carbonyl (C=O) groups excluding carboxylic acids is 1. The molecule has 3 unspecified atom stereocenters. The van der Waals surface area contributed by atoms with E-state index in [0.29, 0.717) is 17.7 Å². The fraction of sp³-hybridized carbons (Fsp3) is 0.542. The zero-order chi connectivity index (χ0) is 19.0. The van der Waals surface area contributed by atoms with Crippen LogP contribution in [0.4, 0.5) is 0 Å². The first kappa shape index (κ1) is 18.5. The highest BCUT2D eigenvalue weighted by Gasteiger charge is 2.53. The van der Waals surface area contributed by atoms with Crippen molar-refractivity contribution in [1.82, 2.24) is 4.90 Å². The molecule has 0 spiro atoms. The highest BCUT2D eigenvalue weighted by molar-refractivity contribution is 5.84. The zero-order valence-corrected chi connectivity index (χ0v) is 16.8. The lowest BCUT2D eigenvalue weighted by Gasteiger charge is -2.59. The Morgan fingerprint density at radius 3 is 2.85 bits per heavy atom. The molecule has 4 rings (SSSR count). The van der Waals surface area contributed by atoms with Crippen molar-refractivity contribution in [3.05, 3.63) is 53.6 Å². The Morgan fingerprint density at radius 2 is 2.15 bits per heavy atom. The van der Waals surface area contributed by atoms with Crippen LogP contribution in [0, 0.1) is 11.8 Å². The van der Waals surface area contributed by atoms with Crippen molar-refractivity contribution in [2.75, 3.05) is 13.1 Å². The maximum absolute atomic E-state index is 12.0. The summed E-state index contributed by atoms with van der Waals surface area (Å²) in [4.78, 5) is 14.7. The van der Waals surface area contributed by atoms with E-state index in [2.05, 4.69) is 30.9 Å². The summed E-state index contributed by atoms with van der Waals surface area (Å²) in [6, 6.07) is 6.96. The summed E-state index contributed by atoms with van der Waals surface area (Å²) in [5.41, 5.74) is 2.99. The van der Waals surface area contributed by atoms with Crippen LogP contribution in [-0.4, -0.2) is 30.0 Å². The fourth-order valence-corrected chi connectivity index (χ4v) is 4.97. The highest BCUT2D eigenvalue weighted by atomic mass is 16.5. The summed E-state index contributed by atoms with van der Waals surface area (Å²) in [6.07, 6.45) is 12.0. The summed E-state index contributed by atoms with van der Waals surface area (Å²) in [7, 11) is 0. The second-order valence-corrected chi connectivity index (χ2v) is 8.67. The number of benzene rings is 1. The minimum absolute atomic E-state index is 0.168. The number of esters is 1. The van der Waals surface area contributed by atoms with E-state index >= 15 is 0 Å². The first-order valence-electron chi connectivity index (χ1n) is 10.4. The van der Waals surface area contributed by atoms with Crippen LogP contribution in [0.15, 0.2) is 42.5 Å². The molecule has 3 aliphatic rings. The van der Waals surface area contributed by atoms with Crippen LogP contribution in [0.5, 0.6) is 5.75 Å². The van der Waals surface area contributed by atoms with Gasteiger partial charge in [-0.3, -0.25) is 4.90 Å². The van der Waals surface area contributed by atoms with E-state index in [1.165, 1.54) is 43.1 Å². The number of rotatable bonds is 6. The van der Waals surface area contributed by atoms with Gasteiger partial charge < -0.3 is 4.74 Å². The Bertz CT molecular complexity index is 777. The van der Waals surface area contributed by atoms with Crippen LogP contribution in [0.2, 0.25) is 0 Å². The van der Waals surface area contributed by atoms with Gasteiger partial charge in [0.15, 0.2) is 0 Å². The molecule has 0 radical (unpaired) electrons. The number of hydrogen-bond acceptors (Lipinski definition) is 3. The fourth-order valence-electron chi connectivity index (χ4n) is 4.97. The lowest BCUT2D eigenvalue weighted by atomic mass is 9.57. The van der Waals surface area contributed by atoms with Gasteiger partial charge in [0.25, 0.3) is 0 Å². The van der Waals surface area contributed by atoms with E-state index in [9.17, 15) is 4.79 Å². The quantitative estimate of drug-likeness (QED) is 0.318. The van der Waals surface area contributed by atoms with Gasteiger partial charge in [0.1, 0.15) is 5.75 Å². The second kappa shape index (κ2) is 7.27. The van der Waals surface area contributed by atoms with E-state index in [-0.39, 0.29) is 11.4 Å². The Morgan fingerprint density at radius 1 is 1.33 bits per heavy atom. The first-order valence-corrected chi connectivity index (χ1v) is 10.4. The summed E-state index contributed by atoms with van der Waals surface area (Å²) in [5, 5.41) is 0. The maximum atomic E-state index is 12.0. The molecule has 3 heteroatoms. The lowest BCUT2D eigenvalue weighted by Crippen LogP contribution is -2.66. The predicted molar refractivity (Wildman–Crippen MR) is 109 cm³/mol. The molecule has 1 saturated heterocycles. The maximum Gasteiger partial charge on any atom is 0.336 e. The Balaban J connectivity index is 1.54. The van der Waals surface area contributed by atoms with Crippen molar-refractivity contribution in [2.45, 2.75) is 57.9 Å². The third-order valence-corrected chi connectivity index (χ3v) is 6.99.